The summed E-state index contributed by atoms with van der Waals surface area (Å²) in [4.78, 5) is 15.0. The molecule has 0 radical (unpaired) electrons. The Hall–Kier alpha value is -1.06. The van der Waals surface area contributed by atoms with Crippen LogP contribution in [0.25, 0.3) is 0 Å². The standard InChI is InChI=1S/C8H13NO3/c10-8(11)6-9-12-7-4-2-1-3-5-7/h6-7H,1-5H2,(H,10,11). The lowest BCUT2D eigenvalue weighted by Gasteiger charge is -2.18. The molecule has 1 rings (SSSR count). The van der Waals surface area contributed by atoms with Gasteiger partial charge in [-0.3, -0.25) is 0 Å². The Morgan fingerprint density at radius 3 is 2.67 bits per heavy atom. The Bertz CT molecular complexity index is 173. The Labute approximate surface area is 71.2 Å². The molecule has 0 atom stereocenters. The summed E-state index contributed by atoms with van der Waals surface area (Å²) in [6, 6.07) is 0. The molecule has 1 aliphatic rings. The lowest BCUT2D eigenvalue weighted by Crippen LogP contribution is -2.14. The van der Waals surface area contributed by atoms with E-state index in [4.69, 9.17) is 9.94 Å². The zero-order valence-electron chi connectivity index (χ0n) is 6.90. The first kappa shape index (κ1) is 9.03. The van der Waals surface area contributed by atoms with Crippen LogP contribution >= 0.6 is 0 Å². The Morgan fingerprint density at radius 2 is 2.08 bits per heavy atom. The van der Waals surface area contributed by atoms with Crippen molar-refractivity contribution >= 4 is 12.2 Å². The molecule has 0 heterocycles. The number of carbonyl (C=O) groups is 1. The summed E-state index contributed by atoms with van der Waals surface area (Å²) >= 11 is 0. The van der Waals surface area contributed by atoms with Crippen LogP contribution in [0.15, 0.2) is 5.16 Å². The third kappa shape index (κ3) is 3.37. The van der Waals surface area contributed by atoms with E-state index in [2.05, 4.69) is 5.16 Å². The van der Waals surface area contributed by atoms with E-state index >= 15 is 0 Å². The highest BCUT2D eigenvalue weighted by molar-refractivity contribution is 6.21. The third-order valence-corrected chi connectivity index (χ3v) is 1.93. The quantitative estimate of drug-likeness (QED) is 0.516. The summed E-state index contributed by atoms with van der Waals surface area (Å²) in [5.74, 6) is -1.06. The number of oxime groups is 1. The molecule has 1 aliphatic carbocycles. The first-order valence-corrected chi connectivity index (χ1v) is 4.21. The van der Waals surface area contributed by atoms with Gasteiger partial charge in [-0.1, -0.05) is 11.6 Å². The fourth-order valence-electron chi connectivity index (χ4n) is 1.33. The zero-order valence-corrected chi connectivity index (χ0v) is 6.90. The van der Waals surface area contributed by atoms with Gasteiger partial charge in [0.15, 0.2) is 6.21 Å². The van der Waals surface area contributed by atoms with Crippen LogP contribution in [0.4, 0.5) is 0 Å². The average Bonchev–Trinajstić information content (AvgIpc) is 2.05. The molecule has 4 heteroatoms. The molecule has 1 saturated carbocycles. The van der Waals surface area contributed by atoms with Gasteiger partial charge in [-0.25, -0.2) is 4.79 Å². The summed E-state index contributed by atoms with van der Waals surface area (Å²) in [5, 5.41) is 11.6. The van der Waals surface area contributed by atoms with Crippen LogP contribution in [0.1, 0.15) is 32.1 Å². The van der Waals surface area contributed by atoms with Crippen molar-refractivity contribution in [3.8, 4) is 0 Å². The Balaban J connectivity index is 2.17. The fraction of sp³-hybridized carbons (Fsp3) is 0.750. The summed E-state index contributed by atoms with van der Waals surface area (Å²) < 4.78 is 0. The van der Waals surface area contributed by atoms with Crippen LogP contribution in [0, 0.1) is 0 Å². The van der Waals surface area contributed by atoms with Crippen LogP contribution in [-0.4, -0.2) is 23.4 Å². The van der Waals surface area contributed by atoms with Gasteiger partial charge in [0.1, 0.15) is 6.10 Å². The van der Waals surface area contributed by atoms with Crippen LogP contribution in [0.3, 0.4) is 0 Å². The molecule has 0 spiro atoms. The monoisotopic (exact) mass is 171 g/mol. The summed E-state index contributed by atoms with van der Waals surface area (Å²) in [5.41, 5.74) is 0. The number of hydrogen-bond acceptors (Lipinski definition) is 3. The van der Waals surface area contributed by atoms with Gasteiger partial charge in [0.25, 0.3) is 0 Å². The topological polar surface area (TPSA) is 58.9 Å². The number of carboxylic acid groups (broad SMARTS) is 1. The summed E-state index contributed by atoms with van der Waals surface area (Å²) in [7, 11) is 0. The second-order valence-electron chi connectivity index (χ2n) is 2.94. The molecule has 4 nitrogen and oxygen atoms in total. The van der Waals surface area contributed by atoms with Gasteiger partial charge in [0, 0.05) is 0 Å². The minimum Gasteiger partial charge on any atom is -0.477 e. The number of hydrogen-bond donors (Lipinski definition) is 1. The SMILES string of the molecule is O=C(O)C=NOC1CCCCC1. The molecule has 1 N–H and O–H groups in total. The number of rotatable bonds is 3. The van der Waals surface area contributed by atoms with Gasteiger partial charge >= 0.3 is 5.97 Å². The molecule has 12 heavy (non-hydrogen) atoms. The van der Waals surface area contributed by atoms with Crippen molar-refractivity contribution in [3.63, 3.8) is 0 Å². The molecule has 0 bridgehead atoms. The van der Waals surface area contributed by atoms with Crippen LogP contribution in [0.5, 0.6) is 0 Å². The van der Waals surface area contributed by atoms with Gasteiger partial charge in [-0.15, -0.1) is 0 Å². The Morgan fingerprint density at radius 1 is 1.42 bits per heavy atom. The van der Waals surface area contributed by atoms with Gasteiger partial charge < -0.3 is 9.94 Å². The summed E-state index contributed by atoms with van der Waals surface area (Å²) in [6.45, 7) is 0. The largest absolute Gasteiger partial charge is 0.477 e. The van der Waals surface area contributed by atoms with E-state index in [-0.39, 0.29) is 6.10 Å². The van der Waals surface area contributed by atoms with Crippen molar-refractivity contribution in [1.29, 1.82) is 0 Å². The predicted molar refractivity (Wildman–Crippen MR) is 44.1 cm³/mol. The molecule has 0 amide bonds. The predicted octanol–water partition coefficient (Wildman–Crippen LogP) is 1.41. The maximum atomic E-state index is 10.0. The van der Waals surface area contributed by atoms with Gasteiger partial charge in [-0.2, -0.15) is 0 Å². The highest BCUT2D eigenvalue weighted by Crippen LogP contribution is 2.19. The first-order valence-electron chi connectivity index (χ1n) is 4.21. The van der Waals surface area contributed by atoms with Crippen molar-refractivity contribution in [2.75, 3.05) is 0 Å². The minimum atomic E-state index is -1.06. The van der Waals surface area contributed by atoms with Gasteiger partial charge in [-0.05, 0) is 25.7 Å². The molecule has 68 valence electrons. The molecule has 0 aliphatic heterocycles. The number of carboxylic acids is 1. The van der Waals surface area contributed by atoms with Crippen molar-refractivity contribution in [3.05, 3.63) is 0 Å². The smallest absolute Gasteiger partial charge is 0.350 e. The molecule has 0 unspecified atom stereocenters. The van der Waals surface area contributed by atoms with Gasteiger partial charge in [0.2, 0.25) is 0 Å². The second kappa shape index (κ2) is 4.74. The molecule has 0 aromatic heterocycles. The maximum Gasteiger partial charge on any atom is 0.350 e. The highest BCUT2D eigenvalue weighted by Gasteiger charge is 2.13. The van der Waals surface area contributed by atoms with E-state index < -0.39 is 5.97 Å². The van der Waals surface area contributed by atoms with E-state index in [0.29, 0.717) is 0 Å². The van der Waals surface area contributed by atoms with Crippen molar-refractivity contribution < 1.29 is 14.7 Å². The van der Waals surface area contributed by atoms with E-state index in [1.54, 1.807) is 0 Å². The lowest BCUT2D eigenvalue weighted by atomic mass is 9.98. The first-order chi connectivity index (χ1) is 5.79. The molecular formula is C8H13NO3. The van der Waals surface area contributed by atoms with Crippen LogP contribution in [-0.2, 0) is 9.63 Å². The lowest BCUT2D eigenvalue weighted by molar-refractivity contribution is -0.129. The highest BCUT2D eigenvalue weighted by atomic mass is 16.6. The van der Waals surface area contributed by atoms with E-state index in [9.17, 15) is 4.79 Å². The normalized spacial score (nSPS) is 19.7. The number of aliphatic carboxylic acids is 1. The Kier molecular flexibility index (Phi) is 3.57. The van der Waals surface area contributed by atoms with Crippen molar-refractivity contribution in [2.24, 2.45) is 5.16 Å². The van der Waals surface area contributed by atoms with E-state index in [0.717, 1.165) is 31.9 Å². The van der Waals surface area contributed by atoms with Crippen molar-refractivity contribution in [2.45, 2.75) is 38.2 Å². The molecule has 0 saturated heterocycles. The number of nitrogens with zero attached hydrogens (tertiary/aromatic N) is 1. The zero-order chi connectivity index (χ0) is 8.81. The van der Waals surface area contributed by atoms with Crippen LogP contribution < -0.4 is 0 Å². The van der Waals surface area contributed by atoms with E-state index in [1.807, 2.05) is 0 Å². The molecule has 1 fully saturated rings. The van der Waals surface area contributed by atoms with E-state index in [1.165, 1.54) is 6.42 Å². The summed E-state index contributed by atoms with van der Waals surface area (Å²) in [6.07, 6.45) is 6.49. The van der Waals surface area contributed by atoms with Gasteiger partial charge in [0.05, 0.1) is 0 Å². The third-order valence-electron chi connectivity index (χ3n) is 1.93. The minimum absolute atomic E-state index is 0.134. The van der Waals surface area contributed by atoms with Crippen LogP contribution in [0.2, 0.25) is 0 Å². The fourth-order valence-corrected chi connectivity index (χ4v) is 1.33. The maximum absolute atomic E-state index is 10.0. The average molecular weight is 171 g/mol. The molecule has 0 aromatic carbocycles. The van der Waals surface area contributed by atoms with Crippen molar-refractivity contribution in [1.82, 2.24) is 0 Å². The molecular weight excluding hydrogens is 158 g/mol. The second-order valence-corrected chi connectivity index (χ2v) is 2.94. The molecule has 0 aromatic rings.